The van der Waals surface area contributed by atoms with E-state index in [4.69, 9.17) is 28.4 Å². The number of rotatable bonds is 15. The van der Waals surface area contributed by atoms with Gasteiger partial charge in [-0.15, -0.1) is 0 Å². The molecule has 5 aromatic rings. The van der Waals surface area contributed by atoms with Gasteiger partial charge >= 0.3 is 0 Å². The van der Waals surface area contributed by atoms with E-state index in [1.54, 1.807) is 7.11 Å². The molecule has 1 fully saturated rings. The summed E-state index contributed by atoms with van der Waals surface area (Å²) in [6.07, 6.45) is -2.34. The van der Waals surface area contributed by atoms with Crippen LogP contribution in [0.1, 0.15) is 33.9 Å². The van der Waals surface area contributed by atoms with Gasteiger partial charge in [-0.2, -0.15) is 0 Å². The second-order valence-corrected chi connectivity index (χ2v) is 11.7. The molecule has 5 atom stereocenters. The summed E-state index contributed by atoms with van der Waals surface area (Å²) in [7, 11) is 1.67. The first-order valence-corrected chi connectivity index (χ1v) is 16.1. The summed E-state index contributed by atoms with van der Waals surface area (Å²) in [6.45, 7) is 1.97. The maximum atomic E-state index is 6.97. The van der Waals surface area contributed by atoms with Gasteiger partial charge in [0.05, 0.1) is 40.1 Å². The van der Waals surface area contributed by atoms with Crippen molar-refractivity contribution in [2.24, 2.45) is 0 Å². The van der Waals surface area contributed by atoms with Crippen molar-refractivity contribution in [3.63, 3.8) is 0 Å². The van der Waals surface area contributed by atoms with Crippen LogP contribution in [0.5, 0.6) is 5.75 Å². The molecule has 0 unspecified atom stereocenters. The fourth-order valence-electron chi connectivity index (χ4n) is 5.85. The van der Waals surface area contributed by atoms with Gasteiger partial charge in [0.25, 0.3) is 0 Å². The van der Waals surface area contributed by atoms with Crippen molar-refractivity contribution in [3.8, 4) is 5.75 Å². The van der Waals surface area contributed by atoms with Gasteiger partial charge in [-0.05, 0) is 39.9 Å². The molecule has 0 amide bonds. The molecule has 0 aromatic heterocycles. The van der Waals surface area contributed by atoms with Crippen LogP contribution in [-0.2, 0) is 50.1 Å². The zero-order valence-corrected chi connectivity index (χ0v) is 26.7. The molecule has 0 N–H and O–H groups in total. The van der Waals surface area contributed by atoms with Gasteiger partial charge in [0.1, 0.15) is 36.3 Å². The van der Waals surface area contributed by atoms with E-state index in [1.165, 1.54) is 0 Å². The highest BCUT2D eigenvalue weighted by atomic mass is 16.6. The first-order chi connectivity index (χ1) is 23.3. The lowest BCUT2D eigenvalue weighted by Gasteiger charge is -2.46. The minimum Gasteiger partial charge on any atom is -0.497 e. The molecule has 6 nitrogen and oxygen atoms in total. The van der Waals surface area contributed by atoms with Crippen LogP contribution in [0.3, 0.4) is 0 Å². The Bertz CT molecular complexity index is 1580. The van der Waals surface area contributed by atoms with Gasteiger partial charge in [-0.1, -0.05) is 133 Å². The van der Waals surface area contributed by atoms with Crippen LogP contribution in [0.15, 0.2) is 146 Å². The summed E-state index contributed by atoms with van der Waals surface area (Å²) in [5, 5.41) is 0. The van der Waals surface area contributed by atoms with Crippen LogP contribution >= 0.6 is 0 Å². The maximum Gasteiger partial charge on any atom is 0.118 e. The highest BCUT2D eigenvalue weighted by Gasteiger charge is 2.49. The van der Waals surface area contributed by atoms with E-state index in [1.807, 2.05) is 97.1 Å². The Kier molecular flexibility index (Phi) is 11.8. The number of methoxy groups -OCH3 is 1. The van der Waals surface area contributed by atoms with E-state index < -0.39 is 30.5 Å². The van der Waals surface area contributed by atoms with Gasteiger partial charge < -0.3 is 28.4 Å². The summed E-state index contributed by atoms with van der Waals surface area (Å²) in [4.78, 5) is 0. The van der Waals surface area contributed by atoms with Gasteiger partial charge in [0.2, 0.25) is 0 Å². The van der Waals surface area contributed by atoms with E-state index in [9.17, 15) is 0 Å². The van der Waals surface area contributed by atoms with Crippen molar-refractivity contribution in [2.75, 3.05) is 13.7 Å². The second-order valence-electron chi connectivity index (χ2n) is 11.7. The van der Waals surface area contributed by atoms with Crippen LogP contribution in [0.2, 0.25) is 0 Å². The Morgan fingerprint density at radius 3 is 1.36 bits per heavy atom. The first kappa shape index (κ1) is 32.6. The zero-order valence-electron chi connectivity index (χ0n) is 26.7. The summed E-state index contributed by atoms with van der Waals surface area (Å²) < 4.78 is 39.2. The van der Waals surface area contributed by atoms with Crippen LogP contribution in [0, 0.1) is 0 Å². The summed E-state index contributed by atoms with van der Waals surface area (Å²) in [5.74, 6) is 0.773. The maximum absolute atomic E-state index is 6.97. The van der Waals surface area contributed by atoms with Crippen molar-refractivity contribution < 1.29 is 28.4 Å². The summed E-state index contributed by atoms with van der Waals surface area (Å²) in [5.41, 5.74) is 5.26. The molecule has 6 heteroatoms. The third kappa shape index (κ3) is 9.16. The normalized spacial score (nSPS) is 20.9. The summed E-state index contributed by atoms with van der Waals surface area (Å²) in [6, 6.07) is 48.7. The molecule has 0 radical (unpaired) electrons. The Hall–Kier alpha value is -4.30. The van der Waals surface area contributed by atoms with Crippen molar-refractivity contribution in [2.45, 2.75) is 56.9 Å². The Morgan fingerprint density at radius 2 is 0.894 bits per heavy atom. The average Bonchev–Trinajstić information content (AvgIpc) is 3.14. The van der Waals surface area contributed by atoms with Crippen molar-refractivity contribution >= 4 is 0 Å². The summed E-state index contributed by atoms with van der Waals surface area (Å²) >= 11 is 0. The van der Waals surface area contributed by atoms with Crippen LogP contribution < -0.4 is 4.74 Å². The number of hydrogen-bond donors (Lipinski definition) is 0. The molecule has 242 valence electrons. The van der Waals surface area contributed by atoms with Gasteiger partial charge in [-0.3, -0.25) is 0 Å². The molecule has 1 saturated heterocycles. The topological polar surface area (TPSA) is 55.4 Å². The lowest BCUT2D eigenvalue weighted by Crippen LogP contribution is -2.58. The lowest BCUT2D eigenvalue weighted by atomic mass is 9.90. The molecule has 6 rings (SSSR count). The molecular weight excluding hydrogens is 588 g/mol. The van der Waals surface area contributed by atoms with Crippen LogP contribution in [0.25, 0.3) is 0 Å². The third-order valence-corrected chi connectivity index (χ3v) is 8.33. The minimum atomic E-state index is -0.488. The van der Waals surface area contributed by atoms with Gasteiger partial charge in [0.15, 0.2) is 0 Å². The fraction of sp³-hybridized carbons (Fsp3) is 0.268. The number of ether oxygens (including phenoxy) is 6. The Labute approximate surface area is 277 Å². The molecular formula is C41H42O6. The van der Waals surface area contributed by atoms with E-state index in [2.05, 4.69) is 48.5 Å². The molecule has 0 saturated carbocycles. The molecule has 5 aromatic carbocycles. The second kappa shape index (κ2) is 17.0. The van der Waals surface area contributed by atoms with Crippen LogP contribution in [-0.4, -0.2) is 38.1 Å². The Balaban J connectivity index is 1.34. The lowest BCUT2D eigenvalue weighted by molar-refractivity contribution is -0.275. The van der Waals surface area contributed by atoms with Crippen molar-refractivity contribution in [1.29, 1.82) is 0 Å². The standard InChI is InChI=1S/C41H42O6/c1-42-36-24-22-35(23-25-36)38-40(45-28-33-18-10-4-11-19-33)41(46-29-34-20-12-5-13-21-34)39(44-27-32-16-8-3-9-17-32)37(47-38)30-43-26-31-14-6-2-7-15-31/h2-25,37-41H,26-30H2,1H3/t37-,38+,39+,40+,41+/m1/s1. The quantitative estimate of drug-likeness (QED) is 0.117. The predicted octanol–water partition coefficient (Wildman–Crippen LogP) is 8.11. The van der Waals surface area contributed by atoms with E-state index >= 15 is 0 Å². The molecule has 0 spiro atoms. The zero-order chi connectivity index (χ0) is 32.1. The fourth-order valence-corrected chi connectivity index (χ4v) is 5.85. The SMILES string of the molecule is COc1ccc([C@@H]2O[C@H](COCc3ccccc3)[C@H](OCc3ccccc3)[C@H](OCc3ccccc3)[C@H]2OCc2ccccc2)cc1. The highest BCUT2D eigenvalue weighted by molar-refractivity contribution is 5.30. The van der Waals surface area contributed by atoms with Crippen molar-refractivity contribution in [3.05, 3.63) is 173 Å². The van der Waals surface area contributed by atoms with Crippen molar-refractivity contribution in [1.82, 2.24) is 0 Å². The molecule has 0 bridgehead atoms. The average molecular weight is 631 g/mol. The molecule has 1 aliphatic heterocycles. The van der Waals surface area contributed by atoms with E-state index in [0.29, 0.717) is 33.0 Å². The smallest absolute Gasteiger partial charge is 0.118 e. The molecule has 47 heavy (non-hydrogen) atoms. The number of hydrogen-bond acceptors (Lipinski definition) is 6. The third-order valence-electron chi connectivity index (χ3n) is 8.33. The monoisotopic (exact) mass is 630 g/mol. The molecule has 0 aliphatic carbocycles. The van der Waals surface area contributed by atoms with E-state index in [-0.39, 0.29) is 0 Å². The highest BCUT2D eigenvalue weighted by Crippen LogP contribution is 2.39. The van der Waals surface area contributed by atoms with E-state index in [0.717, 1.165) is 33.6 Å². The molecule has 1 heterocycles. The first-order valence-electron chi connectivity index (χ1n) is 16.1. The largest absolute Gasteiger partial charge is 0.497 e. The van der Waals surface area contributed by atoms with Crippen LogP contribution in [0.4, 0.5) is 0 Å². The number of benzene rings is 5. The van der Waals surface area contributed by atoms with Gasteiger partial charge in [-0.25, -0.2) is 0 Å². The Morgan fingerprint density at radius 1 is 0.468 bits per heavy atom. The predicted molar refractivity (Wildman–Crippen MR) is 182 cm³/mol. The van der Waals surface area contributed by atoms with Gasteiger partial charge in [0, 0.05) is 0 Å². The molecule has 1 aliphatic rings. The minimum absolute atomic E-state index is 0.317.